The molecular weight excluding hydrogens is 358 g/mol. The Labute approximate surface area is 152 Å². The molecule has 3 rings (SSSR count). The maximum atomic E-state index is 12.9. The second-order valence-electron chi connectivity index (χ2n) is 5.23. The molecule has 0 saturated heterocycles. The highest BCUT2D eigenvalue weighted by Gasteiger charge is 2.07. The average Bonchev–Trinajstić information content (AvgIpc) is 3.09. The molecule has 2 aromatic carbocycles. The van der Waals surface area contributed by atoms with Crippen molar-refractivity contribution in [3.05, 3.63) is 71.6 Å². The van der Waals surface area contributed by atoms with Crippen LogP contribution in [0.15, 0.2) is 53.7 Å². The minimum atomic E-state index is -0.362. The topological polar surface area (TPSA) is 70.7 Å². The van der Waals surface area contributed by atoms with Crippen LogP contribution in [-0.2, 0) is 4.79 Å². The van der Waals surface area contributed by atoms with Gasteiger partial charge in [-0.25, -0.2) is 13.8 Å². The Morgan fingerprint density at radius 1 is 1.04 bits per heavy atom. The van der Waals surface area contributed by atoms with E-state index in [0.29, 0.717) is 16.7 Å². The third-order valence-electron chi connectivity index (χ3n) is 3.25. The molecule has 1 heterocycles. The molecule has 0 aliphatic rings. The van der Waals surface area contributed by atoms with Crippen LogP contribution in [0.5, 0.6) is 0 Å². The lowest BCUT2D eigenvalue weighted by Crippen LogP contribution is -2.14. The molecule has 0 atom stereocenters. The Morgan fingerprint density at radius 2 is 1.69 bits per heavy atom. The molecule has 1 amide bonds. The van der Waals surface area contributed by atoms with Gasteiger partial charge < -0.3 is 5.32 Å². The molecule has 0 bridgehead atoms. The molecule has 2 N–H and O–H groups in total. The lowest BCUT2D eigenvalue weighted by atomic mass is 10.2. The van der Waals surface area contributed by atoms with Gasteiger partial charge in [-0.1, -0.05) is 30.0 Å². The summed E-state index contributed by atoms with van der Waals surface area (Å²) in [6, 6.07) is 11.6. The lowest BCUT2D eigenvalue weighted by Gasteiger charge is -2.03. The monoisotopic (exact) mass is 372 g/mol. The molecular formula is C18H14F2N4OS. The fourth-order valence-electron chi connectivity index (χ4n) is 2.01. The van der Waals surface area contributed by atoms with Gasteiger partial charge in [-0.3, -0.25) is 9.89 Å². The van der Waals surface area contributed by atoms with Crippen molar-refractivity contribution >= 4 is 35.5 Å². The Morgan fingerprint density at radius 3 is 2.38 bits per heavy atom. The van der Waals surface area contributed by atoms with Crippen LogP contribution in [0.4, 0.5) is 14.5 Å². The Bertz CT molecular complexity index is 908. The van der Waals surface area contributed by atoms with Gasteiger partial charge in [-0.2, -0.15) is 0 Å². The van der Waals surface area contributed by atoms with Crippen LogP contribution in [0.2, 0.25) is 0 Å². The summed E-state index contributed by atoms with van der Waals surface area (Å²) in [7, 11) is 0. The lowest BCUT2D eigenvalue weighted by molar-refractivity contribution is -0.113. The molecule has 0 unspecified atom stereocenters. The summed E-state index contributed by atoms with van der Waals surface area (Å²) in [6.45, 7) is 0. The highest BCUT2D eigenvalue weighted by atomic mass is 32.2. The molecule has 1 aromatic heterocycles. The van der Waals surface area contributed by atoms with E-state index in [1.165, 1.54) is 48.2 Å². The number of amides is 1. The van der Waals surface area contributed by atoms with Crippen LogP contribution in [0.25, 0.3) is 12.2 Å². The van der Waals surface area contributed by atoms with E-state index in [0.717, 1.165) is 5.56 Å². The van der Waals surface area contributed by atoms with Crippen LogP contribution < -0.4 is 5.32 Å². The molecule has 0 radical (unpaired) electrons. The van der Waals surface area contributed by atoms with E-state index in [4.69, 9.17) is 0 Å². The van der Waals surface area contributed by atoms with Gasteiger partial charge in [0.05, 0.1) is 5.75 Å². The second-order valence-corrected chi connectivity index (χ2v) is 6.17. The molecule has 0 spiro atoms. The summed E-state index contributed by atoms with van der Waals surface area (Å²) in [4.78, 5) is 16.1. The van der Waals surface area contributed by atoms with Gasteiger partial charge in [0.2, 0.25) is 11.1 Å². The SMILES string of the molecule is O=C(CSc1n[nH]c(/C=C/c2ccc(F)cc2)n1)Nc1ccc(F)cc1. The van der Waals surface area contributed by atoms with Gasteiger partial charge in [-0.15, -0.1) is 5.10 Å². The number of hydrogen-bond acceptors (Lipinski definition) is 4. The number of halogens is 2. The number of carbonyl (C=O) groups is 1. The molecule has 132 valence electrons. The van der Waals surface area contributed by atoms with E-state index in [1.54, 1.807) is 24.3 Å². The third kappa shape index (κ3) is 5.25. The predicted octanol–water partition coefficient (Wildman–Crippen LogP) is 3.98. The zero-order valence-electron chi connectivity index (χ0n) is 13.4. The van der Waals surface area contributed by atoms with E-state index in [9.17, 15) is 13.6 Å². The molecule has 0 aliphatic carbocycles. The van der Waals surface area contributed by atoms with Crippen molar-refractivity contribution in [2.24, 2.45) is 0 Å². The number of aromatic amines is 1. The Hall–Kier alpha value is -3.00. The minimum Gasteiger partial charge on any atom is -0.325 e. The largest absolute Gasteiger partial charge is 0.325 e. The third-order valence-corrected chi connectivity index (χ3v) is 4.09. The molecule has 3 aromatic rings. The van der Waals surface area contributed by atoms with Gasteiger partial charge in [-0.05, 0) is 48.0 Å². The number of anilines is 1. The molecule has 0 fully saturated rings. The van der Waals surface area contributed by atoms with E-state index < -0.39 is 0 Å². The zero-order chi connectivity index (χ0) is 18.4. The first-order chi connectivity index (χ1) is 12.6. The van der Waals surface area contributed by atoms with Gasteiger partial charge in [0.15, 0.2) is 0 Å². The molecule has 8 heteroatoms. The van der Waals surface area contributed by atoms with Crippen molar-refractivity contribution < 1.29 is 13.6 Å². The summed E-state index contributed by atoms with van der Waals surface area (Å²) < 4.78 is 25.7. The molecule has 0 saturated carbocycles. The number of rotatable bonds is 6. The maximum Gasteiger partial charge on any atom is 0.234 e. The average molecular weight is 372 g/mol. The van der Waals surface area contributed by atoms with Crippen molar-refractivity contribution in [2.45, 2.75) is 5.16 Å². The van der Waals surface area contributed by atoms with Crippen LogP contribution >= 0.6 is 11.8 Å². The fourth-order valence-corrected chi connectivity index (χ4v) is 2.61. The fraction of sp³-hybridized carbons (Fsp3) is 0.0556. The summed E-state index contributed by atoms with van der Waals surface area (Å²) in [5.74, 6) is -0.250. The van der Waals surface area contributed by atoms with Crippen LogP contribution in [0.3, 0.4) is 0 Å². The summed E-state index contributed by atoms with van der Waals surface area (Å²) in [5, 5.41) is 9.86. The van der Waals surface area contributed by atoms with Gasteiger partial charge in [0.25, 0.3) is 0 Å². The first kappa shape index (κ1) is 17.8. The standard InChI is InChI=1S/C18H14F2N4OS/c19-13-4-1-12(2-5-13)3-10-16-22-18(24-23-16)26-11-17(25)21-15-8-6-14(20)7-9-15/h1-10H,11H2,(H,21,25)(H,22,23,24)/b10-3+. The van der Waals surface area contributed by atoms with Crippen molar-refractivity contribution in [1.82, 2.24) is 15.2 Å². The van der Waals surface area contributed by atoms with Crippen LogP contribution in [-0.4, -0.2) is 26.8 Å². The maximum absolute atomic E-state index is 12.9. The normalized spacial score (nSPS) is 11.0. The number of nitrogens with one attached hydrogen (secondary N) is 2. The van der Waals surface area contributed by atoms with Crippen molar-refractivity contribution in [1.29, 1.82) is 0 Å². The van der Waals surface area contributed by atoms with Crippen molar-refractivity contribution in [3.8, 4) is 0 Å². The van der Waals surface area contributed by atoms with Gasteiger partial charge in [0, 0.05) is 5.69 Å². The number of aromatic nitrogens is 3. The highest BCUT2D eigenvalue weighted by molar-refractivity contribution is 7.99. The summed E-state index contributed by atoms with van der Waals surface area (Å²) in [5.41, 5.74) is 1.35. The number of hydrogen-bond donors (Lipinski definition) is 2. The smallest absolute Gasteiger partial charge is 0.234 e. The summed E-state index contributed by atoms with van der Waals surface area (Å²) >= 11 is 1.17. The molecule has 0 aliphatic heterocycles. The number of nitrogens with zero attached hydrogens (tertiary/aromatic N) is 2. The van der Waals surface area contributed by atoms with Gasteiger partial charge >= 0.3 is 0 Å². The van der Waals surface area contributed by atoms with E-state index in [-0.39, 0.29) is 23.3 Å². The Balaban J connectivity index is 1.50. The quantitative estimate of drug-likeness (QED) is 0.642. The number of thioether (sulfide) groups is 1. The van der Waals surface area contributed by atoms with Crippen LogP contribution in [0.1, 0.15) is 11.4 Å². The number of benzene rings is 2. The summed E-state index contributed by atoms with van der Waals surface area (Å²) in [6.07, 6.45) is 3.48. The van der Waals surface area contributed by atoms with E-state index in [1.807, 2.05) is 0 Å². The minimum absolute atomic E-state index is 0.121. The first-order valence-corrected chi connectivity index (χ1v) is 8.61. The zero-order valence-corrected chi connectivity index (χ0v) is 14.3. The predicted molar refractivity (Wildman–Crippen MR) is 97.5 cm³/mol. The molecule has 5 nitrogen and oxygen atoms in total. The van der Waals surface area contributed by atoms with Crippen molar-refractivity contribution in [3.63, 3.8) is 0 Å². The van der Waals surface area contributed by atoms with Crippen molar-refractivity contribution in [2.75, 3.05) is 11.1 Å². The second kappa shape index (κ2) is 8.39. The first-order valence-electron chi connectivity index (χ1n) is 7.63. The number of carbonyl (C=O) groups excluding carboxylic acids is 1. The van der Waals surface area contributed by atoms with Crippen LogP contribution in [0, 0.1) is 11.6 Å². The molecule has 26 heavy (non-hydrogen) atoms. The van der Waals surface area contributed by atoms with Gasteiger partial charge in [0.1, 0.15) is 17.5 Å². The van der Waals surface area contributed by atoms with E-state index in [2.05, 4.69) is 20.5 Å². The van der Waals surface area contributed by atoms with E-state index >= 15 is 0 Å². The number of H-pyrrole nitrogens is 1. The highest BCUT2D eigenvalue weighted by Crippen LogP contribution is 2.15. The Kier molecular flexibility index (Phi) is 5.75.